The smallest absolute Gasteiger partial charge is 0.224 e. The molecular weight excluding hydrogens is 276 g/mol. The first-order valence-corrected chi connectivity index (χ1v) is 8.16. The van der Waals surface area contributed by atoms with Crippen molar-refractivity contribution < 1.29 is 9.53 Å². The number of nitrogens with one attached hydrogen (secondary N) is 1. The fourth-order valence-electron chi connectivity index (χ4n) is 2.55. The van der Waals surface area contributed by atoms with Crippen LogP contribution in [0.25, 0.3) is 0 Å². The minimum Gasteiger partial charge on any atom is -0.493 e. The lowest BCUT2D eigenvalue weighted by Gasteiger charge is -2.29. The van der Waals surface area contributed by atoms with E-state index in [1.54, 1.807) is 0 Å². The van der Waals surface area contributed by atoms with Crippen molar-refractivity contribution in [3.05, 3.63) is 29.8 Å². The van der Waals surface area contributed by atoms with Crippen LogP contribution in [0.3, 0.4) is 0 Å². The maximum Gasteiger partial charge on any atom is 0.224 e. The summed E-state index contributed by atoms with van der Waals surface area (Å²) in [6.07, 6.45) is 2.71. The Kier molecular flexibility index (Phi) is 5.46. The van der Waals surface area contributed by atoms with Crippen LogP contribution < -0.4 is 15.8 Å². The van der Waals surface area contributed by atoms with Gasteiger partial charge in [-0.15, -0.1) is 0 Å². The van der Waals surface area contributed by atoms with Crippen LogP contribution in [0.2, 0.25) is 0 Å². The highest BCUT2D eigenvalue weighted by Crippen LogP contribution is 2.38. The molecule has 0 aliphatic heterocycles. The summed E-state index contributed by atoms with van der Waals surface area (Å²) in [5.41, 5.74) is 6.57. The lowest BCUT2D eigenvalue weighted by atomic mass is 9.95. The largest absolute Gasteiger partial charge is 0.493 e. The van der Waals surface area contributed by atoms with E-state index in [0.29, 0.717) is 31.4 Å². The molecule has 1 aliphatic rings. The minimum absolute atomic E-state index is 0.0377. The Morgan fingerprint density at radius 1 is 1.36 bits per heavy atom. The van der Waals surface area contributed by atoms with Crippen LogP contribution >= 0.6 is 0 Å². The Balaban J connectivity index is 1.86. The van der Waals surface area contributed by atoms with Gasteiger partial charge in [0.05, 0.1) is 18.6 Å². The molecule has 122 valence electrons. The molecule has 0 aromatic heterocycles. The van der Waals surface area contributed by atoms with Crippen LogP contribution in [-0.2, 0) is 11.2 Å². The van der Waals surface area contributed by atoms with E-state index in [2.05, 4.69) is 19.2 Å². The molecule has 1 aromatic carbocycles. The molecule has 1 saturated carbocycles. The Morgan fingerprint density at radius 3 is 2.50 bits per heavy atom. The van der Waals surface area contributed by atoms with Gasteiger partial charge in [0.2, 0.25) is 5.91 Å². The lowest BCUT2D eigenvalue weighted by Crippen LogP contribution is -2.53. The van der Waals surface area contributed by atoms with E-state index in [1.807, 2.05) is 31.2 Å². The molecule has 22 heavy (non-hydrogen) atoms. The molecule has 0 saturated heterocycles. The number of nitrogens with two attached hydrogens (primary N) is 1. The molecule has 0 bridgehead atoms. The average Bonchev–Trinajstić information content (AvgIpc) is 3.31. The zero-order chi connectivity index (χ0) is 16.2. The van der Waals surface area contributed by atoms with Gasteiger partial charge in [-0.05, 0) is 49.3 Å². The monoisotopic (exact) mass is 304 g/mol. The van der Waals surface area contributed by atoms with Crippen LogP contribution in [0.4, 0.5) is 0 Å². The van der Waals surface area contributed by atoms with Gasteiger partial charge in [-0.25, -0.2) is 0 Å². The van der Waals surface area contributed by atoms with Gasteiger partial charge < -0.3 is 15.8 Å². The summed E-state index contributed by atoms with van der Waals surface area (Å²) < 4.78 is 5.65. The van der Waals surface area contributed by atoms with Gasteiger partial charge in [-0.1, -0.05) is 26.0 Å². The number of carbonyl (C=O) groups is 1. The molecular formula is C18H28N2O2. The van der Waals surface area contributed by atoms with Crippen molar-refractivity contribution in [1.29, 1.82) is 0 Å². The summed E-state index contributed by atoms with van der Waals surface area (Å²) in [5.74, 6) is 1.92. The molecule has 0 spiro atoms. The number of amides is 1. The molecule has 1 aliphatic carbocycles. The zero-order valence-corrected chi connectivity index (χ0v) is 13.9. The molecule has 0 radical (unpaired) electrons. The molecule has 0 heterocycles. The van der Waals surface area contributed by atoms with E-state index in [1.165, 1.54) is 0 Å². The molecule has 3 N–H and O–H groups in total. The van der Waals surface area contributed by atoms with E-state index in [0.717, 1.165) is 24.2 Å². The number of hydrogen-bond acceptors (Lipinski definition) is 3. The molecule has 2 rings (SSSR count). The van der Waals surface area contributed by atoms with Crippen molar-refractivity contribution in [2.75, 3.05) is 13.2 Å². The molecule has 1 aromatic rings. The SMILES string of the molecule is CC(C)COc1ccc(CC(=O)NC(C)(CN)C2CC2)cc1. The fraction of sp³-hybridized carbons (Fsp3) is 0.611. The van der Waals surface area contributed by atoms with Gasteiger partial charge in [0.1, 0.15) is 5.75 Å². The summed E-state index contributed by atoms with van der Waals surface area (Å²) in [6.45, 7) is 7.48. The maximum atomic E-state index is 12.2. The first-order chi connectivity index (χ1) is 10.4. The quantitative estimate of drug-likeness (QED) is 0.775. The molecule has 4 nitrogen and oxygen atoms in total. The van der Waals surface area contributed by atoms with Crippen molar-refractivity contribution in [2.45, 2.75) is 45.6 Å². The Morgan fingerprint density at radius 2 is 2.00 bits per heavy atom. The van der Waals surface area contributed by atoms with Crippen molar-refractivity contribution in [3.63, 3.8) is 0 Å². The van der Waals surface area contributed by atoms with Crippen molar-refractivity contribution in [3.8, 4) is 5.75 Å². The standard InChI is InChI=1S/C18H28N2O2/c1-13(2)11-22-16-8-4-14(5-9-16)10-17(21)20-18(3,12-19)15-6-7-15/h4-5,8-9,13,15H,6-7,10-12,19H2,1-3H3,(H,20,21). The highest BCUT2D eigenvalue weighted by Gasteiger charge is 2.41. The van der Waals surface area contributed by atoms with Gasteiger partial charge in [-0.2, -0.15) is 0 Å². The van der Waals surface area contributed by atoms with Crippen molar-refractivity contribution in [2.24, 2.45) is 17.6 Å². The normalized spacial score (nSPS) is 17.1. The highest BCUT2D eigenvalue weighted by molar-refractivity contribution is 5.79. The van der Waals surface area contributed by atoms with Crippen LogP contribution in [-0.4, -0.2) is 24.6 Å². The van der Waals surface area contributed by atoms with Gasteiger partial charge in [-0.3, -0.25) is 4.79 Å². The number of rotatable bonds is 8. The minimum atomic E-state index is -0.253. The third kappa shape index (κ3) is 4.73. The van der Waals surface area contributed by atoms with Gasteiger partial charge in [0.25, 0.3) is 0 Å². The summed E-state index contributed by atoms with van der Waals surface area (Å²) in [5, 5.41) is 3.11. The Labute approximate surface area is 133 Å². The topological polar surface area (TPSA) is 64.3 Å². The average molecular weight is 304 g/mol. The lowest BCUT2D eigenvalue weighted by molar-refractivity contribution is -0.122. The Hall–Kier alpha value is -1.55. The van der Waals surface area contributed by atoms with Gasteiger partial charge >= 0.3 is 0 Å². The highest BCUT2D eigenvalue weighted by atomic mass is 16.5. The summed E-state index contributed by atoms with van der Waals surface area (Å²) >= 11 is 0. The predicted octanol–water partition coefficient (Wildman–Crippen LogP) is 2.51. The van der Waals surface area contributed by atoms with Crippen molar-refractivity contribution in [1.82, 2.24) is 5.32 Å². The van der Waals surface area contributed by atoms with Crippen LogP contribution in [0.5, 0.6) is 5.75 Å². The summed E-state index contributed by atoms with van der Waals surface area (Å²) in [4.78, 5) is 12.2. The zero-order valence-electron chi connectivity index (χ0n) is 13.9. The third-order valence-corrected chi connectivity index (χ3v) is 4.20. The van der Waals surface area contributed by atoms with Gasteiger partial charge in [0, 0.05) is 6.54 Å². The van der Waals surface area contributed by atoms with Crippen LogP contribution in [0, 0.1) is 11.8 Å². The second kappa shape index (κ2) is 7.14. The van der Waals surface area contributed by atoms with Gasteiger partial charge in [0.15, 0.2) is 0 Å². The molecule has 1 fully saturated rings. The number of ether oxygens (including phenoxy) is 1. The number of hydrogen-bond donors (Lipinski definition) is 2. The van der Waals surface area contributed by atoms with Crippen LogP contribution in [0.1, 0.15) is 39.2 Å². The Bertz CT molecular complexity index is 494. The predicted molar refractivity (Wildman–Crippen MR) is 88.8 cm³/mol. The van der Waals surface area contributed by atoms with E-state index >= 15 is 0 Å². The van der Waals surface area contributed by atoms with Crippen molar-refractivity contribution >= 4 is 5.91 Å². The van der Waals surface area contributed by atoms with E-state index in [-0.39, 0.29) is 11.4 Å². The second-order valence-electron chi connectivity index (χ2n) is 6.97. The number of carbonyl (C=O) groups excluding carboxylic acids is 1. The van der Waals surface area contributed by atoms with E-state index in [9.17, 15) is 4.79 Å². The van der Waals surface area contributed by atoms with E-state index < -0.39 is 0 Å². The first-order valence-electron chi connectivity index (χ1n) is 8.16. The first kappa shape index (κ1) is 16.8. The van der Waals surface area contributed by atoms with Crippen LogP contribution in [0.15, 0.2) is 24.3 Å². The summed E-state index contributed by atoms with van der Waals surface area (Å²) in [7, 11) is 0. The molecule has 1 atom stereocenters. The molecule has 1 amide bonds. The maximum absolute atomic E-state index is 12.2. The number of benzene rings is 1. The second-order valence-corrected chi connectivity index (χ2v) is 6.97. The third-order valence-electron chi connectivity index (χ3n) is 4.20. The van der Waals surface area contributed by atoms with E-state index in [4.69, 9.17) is 10.5 Å². The molecule has 1 unspecified atom stereocenters. The fourth-order valence-corrected chi connectivity index (χ4v) is 2.55. The summed E-state index contributed by atoms with van der Waals surface area (Å²) in [6, 6.07) is 7.75. The molecule has 4 heteroatoms.